The molecule has 2 atom stereocenters. The van der Waals surface area contributed by atoms with Crippen molar-refractivity contribution in [3.05, 3.63) is 0 Å². The van der Waals surface area contributed by atoms with E-state index in [1.165, 1.54) is 0 Å². The van der Waals surface area contributed by atoms with Gasteiger partial charge in [-0.1, -0.05) is 0 Å². The Morgan fingerprint density at radius 2 is 2.06 bits per heavy atom. The average molecular weight is 253 g/mol. The zero-order valence-electron chi connectivity index (χ0n) is 11.8. The van der Waals surface area contributed by atoms with Crippen LogP contribution in [0.1, 0.15) is 47.0 Å². The van der Waals surface area contributed by atoms with Crippen molar-refractivity contribution in [1.29, 1.82) is 0 Å². The summed E-state index contributed by atoms with van der Waals surface area (Å²) in [5, 5.41) is 0. The van der Waals surface area contributed by atoms with Crippen LogP contribution in [0, 0.1) is 11.3 Å². The van der Waals surface area contributed by atoms with Gasteiger partial charge in [-0.05, 0) is 51.9 Å². The molecule has 1 amide bonds. The lowest BCUT2D eigenvalue weighted by Gasteiger charge is -2.24. The van der Waals surface area contributed by atoms with Crippen molar-refractivity contribution in [3.8, 4) is 0 Å². The lowest BCUT2D eigenvalue weighted by Crippen LogP contribution is -2.35. The Bertz CT molecular complexity index is 372. The molecule has 1 saturated heterocycles. The lowest BCUT2D eigenvalue weighted by atomic mass is 10.0. The van der Waals surface area contributed by atoms with Gasteiger partial charge in [-0.3, -0.25) is 0 Å². The molecule has 1 spiro atoms. The van der Waals surface area contributed by atoms with Gasteiger partial charge in [-0.15, -0.1) is 0 Å². The van der Waals surface area contributed by atoms with Crippen LogP contribution in [0.15, 0.2) is 0 Å². The van der Waals surface area contributed by atoms with E-state index in [2.05, 4.69) is 0 Å². The molecular formula is C14H23NO3. The van der Waals surface area contributed by atoms with Crippen molar-refractivity contribution in [1.82, 2.24) is 4.90 Å². The molecule has 1 aliphatic carbocycles. The van der Waals surface area contributed by atoms with Crippen LogP contribution >= 0.6 is 0 Å². The number of likely N-dealkylation sites (tertiary alicyclic amines) is 1. The minimum atomic E-state index is -0.435. The maximum Gasteiger partial charge on any atom is 0.410 e. The zero-order chi connectivity index (χ0) is 13.6. The van der Waals surface area contributed by atoms with Gasteiger partial charge in [0.2, 0.25) is 0 Å². The predicted octanol–water partition coefficient (Wildman–Crippen LogP) is 2.61. The van der Waals surface area contributed by atoms with E-state index in [-0.39, 0.29) is 17.3 Å². The quantitative estimate of drug-likeness (QED) is 0.760. The molecule has 2 aliphatic rings. The van der Waals surface area contributed by atoms with E-state index in [1.54, 1.807) is 11.8 Å². The normalized spacial score (nSPS) is 30.7. The number of rotatable bonds is 2. The average Bonchev–Trinajstić information content (AvgIpc) is 2.67. The molecule has 1 saturated carbocycles. The first-order valence-corrected chi connectivity index (χ1v) is 6.69. The van der Waals surface area contributed by atoms with Crippen LogP contribution in [0.5, 0.6) is 0 Å². The smallest absolute Gasteiger partial charge is 0.410 e. The maximum absolute atomic E-state index is 11.9. The molecule has 2 rings (SSSR count). The molecule has 102 valence electrons. The van der Waals surface area contributed by atoms with Gasteiger partial charge in [-0.2, -0.15) is 0 Å². The van der Waals surface area contributed by atoms with E-state index in [0.29, 0.717) is 12.3 Å². The molecule has 0 aromatic carbocycles. The van der Waals surface area contributed by atoms with E-state index in [9.17, 15) is 9.59 Å². The number of ether oxygens (including phenoxy) is 1. The van der Waals surface area contributed by atoms with E-state index >= 15 is 0 Å². The fourth-order valence-electron chi connectivity index (χ4n) is 2.95. The van der Waals surface area contributed by atoms with E-state index < -0.39 is 5.60 Å². The highest BCUT2D eigenvalue weighted by Gasteiger charge is 2.58. The Labute approximate surface area is 109 Å². The summed E-state index contributed by atoms with van der Waals surface area (Å²) in [6.45, 7) is 8.82. The number of Topliss-reactive ketones (excluding diaryl/α,β-unsaturated/α-hetero) is 1. The second kappa shape index (κ2) is 4.25. The summed E-state index contributed by atoms with van der Waals surface area (Å²) in [7, 11) is 0. The van der Waals surface area contributed by atoms with Crippen molar-refractivity contribution in [2.45, 2.75) is 52.6 Å². The molecular weight excluding hydrogens is 230 g/mol. The number of amides is 1. The molecule has 0 aromatic heterocycles. The molecule has 0 bridgehead atoms. The summed E-state index contributed by atoms with van der Waals surface area (Å²) in [5.41, 5.74) is -0.211. The van der Waals surface area contributed by atoms with Gasteiger partial charge in [0, 0.05) is 19.5 Å². The first kappa shape index (κ1) is 13.4. The number of hydrogen-bond donors (Lipinski definition) is 0. The molecule has 0 aromatic rings. The third-order valence-electron chi connectivity index (χ3n) is 3.93. The molecule has 18 heavy (non-hydrogen) atoms. The highest BCUT2D eigenvalue weighted by molar-refractivity contribution is 5.76. The number of ketones is 1. The maximum atomic E-state index is 11.9. The topological polar surface area (TPSA) is 46.6 Å². The first-order chi connectivity index (χ1) is 8.22. The Balaban J connectivity index is 1.86. The van der Waals surface area contributed by atoms with Crippen molar-refractivity contribution >= 4 is 11.9 Å². The highest BCUT2D eigenvalue weighted by Crippen LogP contribution is 2.60. The van der Waals surface area contributed by atoms with Crippen LogP contribution in [0.25, 0.3) is 0 Å². The van der Waals surface area contributed by atoms with Gasteiger partial charge < -0.3 is 14.4 Å². The molecule has 1 aliphatic heterocycles. The minimum absolute atomic E-state index is 0.215. The monoisotopic (exact) mass is 253 g/mol. The second-order valence-electron chi connectivity index (χ2n) is 6.82. The molecule has 4 nitrogen and oxygen atoms in total. The van der Waals surface area contributed by atoms with Crippen LogP contribution in [0.4, 0.5) is 4.79 Å². The third-order valence-corrected chi connectivity index (χ3v) is 3.93. The van der Waals surface area contributed by atoms with Crippen molar-refractivity contribution in [3.63, 3.8) is 0 Å². The van der Waals surface area contributed by atoms with Crippen LogP contribution < -0.4 is 0 Å². The van der Waals surface area contributed by atoms with Crippen LogP contribution in [0.2, 0.25) is 0 Å². The molecule has 2 fully saturated rings. The van der Waals surface area contributed by atoms with Crippen molar-refractivity contribution in [2.24, 2.45) is 11.3 Å². The lowest BCUT2D eigenvalue weighted by molar-refractivity contribution is -0.117. The standard InChI is InChI=1S/C14H23NO3/c1-10(16)7-11-8-14(11)5-6-15(9-14)12(17)18-13(2,3)4/h11H,5-9H2,1-4H3. The van der Waals surface area contributed by atoms with Crippen molar-refractivity contribution < 1.29 is 14.3 Å². The Kier molecular flexibility index (Phi) is 3.16. The Morgan fingerprint density at radius 3 is 2.61 bits per heavy atom. The van der Waals surface area contributed by atoms with Crippen LogP contribution in [-0.2, 0) is 9.53 Å². The first-order valence-electron chi connectivity index (χ1n) is 6.69. The number of hydrogen-bond acceptors (Lipinski definition) is 3. The van der Waals surface area contributed by atoms with E-state index in [4.69, 9.17) is 4.74 Å². The van der Waals surface area contributed by atoms with Crippen LogP contribution in [0.3, 0.4) is 0 Å². The summed E-state index contributed by atoms with van der Waals surface area (Å²) in [4.78, 5) is 24.9. The van der Waals surface area contributed by atoms with Gasteiger partial charge in [0.25, 0.3) is 0 Å². The van der Waals surface area contributed by atoms with E-state index in [0.717, 1.165) is 25.9 Å². The Hall–Kier alpha value is -1.06. The van der Waals surface area contributed by atoms with Gasteiger partial charge in [0.1, 0.15) is 11.4 Å². The fourth-order valence-corrected chi connectivity index (χ4v) is 2.95. The van der Waals surface area contributed by atoms with Gasteiger partial charge in [0.15, 0.2) is 0 Å². The Morgan fingerprint density at radius 1 is 1.39 bits per heavy atom. The molecule has 0 radical (unpaired) electrons. The second-order valence-corrected chi connectivity index (χ2v) is 6.82. The van der Waals surface area contributed by atoms with Crippen molar-refractivity contribution in [2.75, 3.05) is 13.1 Å². The molecule has 4 heteroatoms. The molecule has 2 unspecified atom stereocenters. The predicted molar refractivity (Wildman–Crippen MR) is 68.3 cm³/mol. The summed E-state index contributed by atoms with van der Waals surface area (Å²) in [6.07, 6.45) is 2.56. The highest BCUT2D eigenvalue weighted by atomic mass is 16.6. The minimum Gasteiger partial charge on any atom is -0.444 e. The fraction of sp³-hybridized carbons (Fsp3) is 0.857. The molecule has 0 N–H and O–H groups in total. The summed E-state index contributed by atoms with van der Waals surface area (Å²) in [5.74, 6) is 0.745. The largest absolute Gasteiger partial charge is 0.444 e. The summed E-state index contributed by atoms with van der Waals surface area (Å²) in [6, 6.07) is 0. The van der Waals surface area contributed by atoms with Gasteiger partial charge >= 0.3 is 6.09 Å². The summed E-state index contributed by atoms with van der Waals surface area (Å²) >= 11 is 0. The molecule has 1 heterocycles. The van der Waals surface area contributed by atoms with Gasteiger partial charge in [0.05, 0.1) is 0 Å². The number of nitrogens with zero attached hydrogens (tertiary/aromatic N) is 1. The third kappa shape index (κ3) is 2.85. The summed E-state index contributed by atoms with van der Waals surface area (Å²) < 4.78 is 5.38. The van der Waals surface area contributed by atoms with Gasteiger partial charge in [-0.25, -0.2) is 4.79 Å². The van der Waals surface area contributed by atoms with Crippen LogP contribution in [-0.4, -0.2) is 35.5 Å². The zero-order valence-corrected chi connectivity index (χ0v) is 11.8. The SMILES string of the molecule is CC(=O)CC1CC12CCN(C(=O)OC(C)(C)C)C2. The van der Waals surface area contributed by atoms with E-state index in [1.807, 2.05) is 20.8 Å². The number of carbonyl (C=O) groups is 2. The number of carbonyl (C=O) groups excluding carboxylic acids is 2.